The maximum Gasteiger partial charge on any atom is 0.0717 e. The van der Waals surface area contributed by atoms with E-state index < -0.39 is 5.60 Å². The smallest absolute Gasteiger partial charge is 0.0717 e. The minimum atomic E-state index is -0.553. The molecule has 2 rings (SSSR count). The topological polar surface area (TPSA) is 46.2 Å². The summed E-state index contributed by atoms with van der Waals surface area (Å²) in [7, 11) is 0. The Morgan fingerprint density at radius 2 is 1.76 bits per heavy atom. The number of hydrogen-bond donors (Lipinski definition) is 2. The summed E-state index contributed by atoms with van der Waals surface area (Å²) in [5.41, 5.74) is 7.90. The van der Waals surface area contributed by atoms with Crippen molar-refractivity contribution in [3.05, 3.63) is 35.4 Å². The molecule has 0 aliphatic heterocycles. The van der Waals surface area contributed by atoms with Crippen molar-refractivity contribution in [1.29, 1.82) is 0 Å². The van der Waals surface area contributed by atoms with Gasteiger partial charge in [-0.3, -0.25) is 0 Å². The molecular weight excluding hydrogens is 210 g/mol. The van der Waals surface area contributed by atoms with Crippen LogP contribution >= 0.6 is 0 Å². The molecule has 1 fully saturated rings. The second-order valence-electron chi connectivity index (χ2n) is 6.52. The van der Waals surface area contributed by atoms with Gasteiger partial charge in [0.15, 0.2) is 0 Å². The molecule has 2 heteroatoms. The molecule has 0 aromatic heterocycles. The van der Waals surface area contributed by atoms with Gasteiger partial charge >= 0.3 is 0 Å². The Labute approximate surface area is 104 Å². The second-order valence-corrected chi connectivity index (χ2v) is 6.52. The molecule has 0 atom stereocenters. The summed E-state index contributed by atoms with van der Waals surface area (Å²) in [6, 6.07) is 8.77. The van der Waals surface area contributed by atoms with Crippen molar-refractivity contribution in [3.63, 3.8) is 0 Å². The minimum Gasteiger partial charge on any atom is -0.389 e. The van der Waals surface area contributed by atoms with E-state index in [2.05, 4.69) is 45.0 Å². The van der Waals surface area contributed by atoms with E-state index in [0.717, 1.165) is 19.3 Å². The average molecular weight is 233 g/mol. The first-order chi connectivity index (χ1) is 7.78. The molecule has 1 aliphatic carbocycles. The van der Waals surface area contributed by atoms with Gasteiger partial charge in [0.2, 0.25) is 0 Å². The Balaban J connectivity index is 2.04. The van der Waals surface area contributed by atoms with Crippen LogP contribution in [0.25, 0.3) is 0 Å². The maximum atomic E-state index is 10.2. The Kier molecular flexibility index (Phi) is 3.04. The van der Waals surface area contributed by atoms with Crippen LogP contribution in [-0.2, 0) is 11.8 Å². The first kappa shape index (κ1) is 12.6. The summed E-state index contributed by atoms with van der Waals surface area (Å²) in [6.45, 7) is 6.63. The molecule has 2 nitrogen and oxygen atoms in total. The largest absolute Gasteiger partial charge is 0.389 e. The van der Waals surface area contributed by atoms with E-state index >= 15 is 0 Å². The summed E-state index contributed by atoms with van der Waals surface area (Å²) in [6.07, 6.45) is 2.19. The quantitative estimate of drug-likeness (QED) is 0.824. The lowest BCUT2D eigenvalue weighted by molar-refractivity contribution is -0.0455. The highest BCUT2D eigenvalue weighted by Crippen LogP contribution is 2.34. The van der Waals surface area contributed by atoms with E-state index in [1.807, 2.05) is 0 Å². The first-order valence-corrected chi connectivity index (χ1v) is 6.36. The molecular formula is C15H23NO. The lowest BCUT2D eigenvalue weighted by Crippen LogP contribution is -2.52. The fraction of sp³-hybridized carbons (Fsp3) is 0.600. The maximum absolute atomic E-state index is 10.2. The lowest BCUT2D eigenvalue weighted by Gasteiger charge is -2.42. The van der Waals surface area contributed by atoms with Gasteiger partial charge in [-0.25, -0.2) is 0 Å². The highest BCUT2D eigenvalue weighted by Gasteiger charge is 2.40. The Bertz CT molecular complexity index is 382. The van der Waals surface area contributed by atoms with E-state index in [9.17, 15) is 5.11 Å². The van der Waals surface area contributed by atoms with Crippen LogP contribution in [0.1, 0.15) is 44.7 Å². The van der Waals surface area contributed by atoms with Crippen LogP contribution in [0, 0.1) is 0 Å². The average Bonchev–Trinajstić information content (AvgIpc) is 2.14. The van der Waals surface area contributed by atoms with Gasteiger partial charge in [-0.15, -0.1) is 0 Å². The normalized spacial score (nSPS) is 28.9. The summed E-state index contributed by atoms with van der Waals surface area (Å²) < 4.78 is 0. The molecule has 1 aromatic rings. The van der Waals surface area contributed by atoms with Gasteiger partial charge in [-0.1, -0.05) is 45.0 Å². The van der Waals surface area contributed by atoms with Gasteiger partial charge in [-0.2, -0.15) is 0 Å². The van der Waals surface area contributed by atoms with E-state index in [0.29, 0.717) is 0 Å². The summed E-state index contributed by atoms with van der Waals surface area (Å²) >= 11 is 0. The lowest BCUT2D eigenvalue weighted by atomic mass is 9.72. The van der Waals surface area contributed by atoms with Gasteiger partial charge in [0, 0.05) is 12.5 Å². The van der Waals surface area contributed by atoms with Gasteiger partial charge in [-0.05, 0) is 29.4 Å². The second kappa shape index (κ2) is 4.11. The molecule has 94 valence electrons. The number of aliphatic hydroxyl groups is 1. The molecule has 1 aromatic carbocycles. The molecule has 0 heterocycles. The minimum absolute atomic E-state index is 0.189. The van der Waals surface area contributed by atoms with Crippen LogP contribution in [0.4, 0.5) is 0 Å². The van der Waals surface area contributed by atoms with Crippen molar-refractivity contribution in [2.75, 3.05) is 0 Å². The Morgan fingerprint density at radius 1 is 1.24 bits per heavy atom. The predicted molar refractivity (Wildman–Crippen MR) is 71.0 cm³/mol. The summed E-state index contributed by atoms with van der Waals surface area (Å²) in [5.74, 6) is 0. The summed E-state index contributed by atoms with van der Waals surface area (Å²) in [5, 5.41) is 10.2. The monoisotopic (exact) mass is 233 g/mol. The van der Waals surface area contributed by atoms with Crippen molar-refractivity contribution in [1.82, 2.24) is 0 Å². The van der Waals surface area contributed by atoms with Crippen molar-refractivity contribution < 1.29 is 5.11 Å². The van der Waals surface area contributed by atoms with Gasteiger partial charge < -0.3 is 10.8 Å². The SMILES string of the molecule is CC(C)(C)c1ccc(CC2(O)CC(N)C2)cc1. The third-order valence-electron chi connectivity index (χ3n) is 3.64. The molecule has 3 N–H and O–H groups in total. The van der Waals surface area contributed by atoms with Crippen LogP contribution < -0.4 is 5.73 Å². The Hall–Kier alpha value is -0.860. The molecule has 0 saturated heterocycles. The third kappa shape index (κ3) is 2.88. The van der Waals surface area contributed by atoms with Crippen LogP contribution in [0.3, 0.4) is 0 Å². The molecule has 0 unspecified atom stereocenters. The zero-order chi connectivity index (χ0) is 12.7. The molecule has 1 saturated carbocycles. The zero-order valence-corrected chi connectivity index (χ0v) is 11.0. The highest BCUT2D eigenvalue weighted by atomic mass is 16.3. The third-order valence-corrected chi connectivity index (χ3v) is 3.64. The van der Waals surface area contributed by atoms with Crippen molar-refractivity contribution in [3.8, 4) is 0 Å². The van der Waals surface area contributed by atoms with Crippen molar-refractivity contribution in [2.24, 2.45) is 5.73 Å². The zero-order valence-electron chi connectivity index (χ0n) is 11.0. The van der Waals surface area contributed by atoms with Crippen LogP contribution in [-0.4, -0.2) is 16.7 Å². The van der Waals surface area contributed by atoms with Crippen LogP contribution in [0.2, 0.25) is 0 Å². The Morgan fingerprint density at radius 3 is 2.18 bits per heavy atom. The molecule has 0 spiro atoms. The van der Waals surface area contributed by atoms with Crippen molar-refractivity contribution in [2.45, 2.75) is 57.1 Å². The van der Waals surface area contributed by atoms with Gasteiger partial charge in [0.1, 0.15) is 0 Å². The van der Waals surface area contributed by atoms with Crippen LogP contribution in [0.15, 0.2) is 24.3 Å². The number of benzene rings is 1. The van der Waals surface area contributed by atoms with Gasteiger partial charge in [0.25, 0.3) is 0 Å². The molecule has 0 bridgehead atoms. The highest BCUT2D eigenvalue weighted by molar-refractivity contribution is 5.28. The summed E-state index contributed by atoms with van der Waals surface area (Å²) in [4.78, 5) is 0. The fourth-order valence-corrected chi connectivity index (χ4v) is 2.56. The molecule has 17 heavy (non-hydrogen) atoms. The number of hydrogen-bond acceptors (Lipinski definition) is 2. The molecule has 0 amide bonds. The van der Waals surface area contributed by atoms with Gasteiger partial charge in [0.05, 0.1) is 5.60 Å². The first-order valence-electron chi connectivity index (χ1n) is 6.36. The standard InChI is InChI=1S/C15H23NO/c1-14(2,3)12-6-4-11(5-7-12)8-15(17)9-13(16)10-15/h4-7,13,17H,8-10,16H2,1-3H3. The van der Waals surface area contributed by atoms with E-state index in [1.54, 1.807) is 0 Å². The van der Waals surface area contributed by atoms with E-state index in [1.165, 1.54) is 11.1 Å². The number of nitrogens with two attached hydrogens (primary N) is 1. The molecule has 0 radical (unpaired) electrons. The predicted octanol–water partition coefficient (Wildman–Crippen LogP) is 2.38. The van der Waals surface area contributed by atoms with E-state index in [4.69, 9.17) is 5.73 Å². The van der Waals surface area contributed by atoms with Crippen LogP contribution in [0.5, 0.6) is 0 Å². The fourth-order valence-electron chi connectivity index (χ4n) is 2.56. The molecule has 1 aliphatic rings. The van der Waals surface area contributed by atoms with Crippen molar-refractivity contribution >= 4 is 0 Å². The number of rotatable bonds is 2. The van der Waals surface area contributed by atoms with E-state index in [-0.39, 0.29) is 11.5 Å².